The number of aryl methyl sites for hydroxylation is 2. The molecule has 0 saturated heterocycles. The van der Waals surface area contributed by atoms with Crippen molar-refractivity contribution in [2.75, 3.05) is 17.2 Å². The van der Waals surface area contributed by atoms with E-state index in [2.05, 4.69) is 5.10 Å². The van der Waals surface area contributed by atoms with Crippen molar-refractivity contribution >= 4 is 17.4 Å². The minimum absolute atomic E-state index is 0.0491. The van der Waals surface area contributed by atoms with Gasteiger partial charge in [-0.2, -0.15) is 5.10 Å². The maximum atomic E-state index is 13.4. The third-order valence-corrected chi connectivity index (χ3v) is 3.68. The molecule has 1 amide bonds. The number of nitrogen functional groups attached to an aromatic ring is 1. The van der Waals surface area contributed by atoms with E-state index in [1.54, 1.807) is 27.9 Å². The van der Waals surface area contributed by atoms with E-state index in [0.717, 1.165) is 12.0 Å². The highest BCUT2D eigenvalue weighted by atomic mass is 19.1. The summed E-state index contributed by atoms with van der Waals surface area (Å²) in [6.07, 6.45) is 3.71. The van der Waals surface area contributed by atoms with Crippen LogP contribution in [0.25, 0.3) is 0 Å². The predicted octanol–water partition coefficient (Wildman–Crippen LogP) is 1.97. The number of nitrogens with zero attached hydrogens (tertiary/aromatic N) is 3. The van der Waals surface area contributed by atoms with Gasteiger partial charge in [0, 0.05) is 31.4 Å². The van der Waals surface area contributed by atoms with E-state index in [1.165, 1.54) is 12.1 Å². The standard InChI is InChI=1S/C15H17FN4O/c16-12-4-2-11-3-5-15(21)20(13(11)10-12)8-1-7-19-9-6-14(17)18-19/h2,4,6,9-10H,1,3,5,7-8H2,(H2,17,18). The molecule has 1 aromatic carbocycles. The zero-order chi connectivity index (χ0) is 14.8. The Bertz CT molecular complexity index is 667. The molecule has 0 fully saturated rings. The first-order valence-electron chi connectivity index (χ1n) is 7.01. The Hall–Kier alpha value is -2.37. The first-order chi connectivity index (χ1) is 10.1. The van der Waals surface area contributed by atoms with Crippen LogP contribution in [0, 0.1) is 5.82 Å². The van der Waals surface area contributed by atoms with Crippen LogP contribution >= 0.6 is 0 Å². The quantitative estimate of drug-likeness (QED) is 0.935. The van der Waals surface area contributed by atoms with E-state index in [4.69, 9.17) is 5.73 Å². The smallest absolute Gasteiger partial charge is 0.227 e. The van der Waals surface area contributed by atoms with Gasteiger partial charge in [0.25, 0.3) is 0 Å². The zero-order valence-corrected chi connectivity index (χ0v) is 11.6. The monoisotopic (exact) mass is 288 g/mol. The predicted molar refractivity (Wildman–Crippen MR) is 78.3 cm³/mol. The van der Waals surface area contributed by atoms with E-state index < -0.39 is 0 Å². The van der Waals surface area contributed by atoms with Gasteiger partial charge in [-0.3, -0.25) is 9.48 Å². The number of benzene rings is 1. The van der Waals surface area contributed by atoms with Gasteiger partial charge in [0.05, 0.1) is 0 Å². The number of amides is 1. The minimum atomic E-state index is -0.312. The van der Waals surface area contributed by atoms with Crippen LogP contribution in [-0.4, -0.2) is 22.2 Å². The lowest BCUT2D eigenvalue weighted by atomic mass is 10.0. The normalized spacial score (nSPS) is 14.3. The molecular formula is C15H17FN4O. The Morgan fingerprint density at radius 2 is 2.10 bits per heavy atom. The lowest BCUT2D eigenvalue weighted by Gasteiger charge is -2.29. The second-order valence-electron chi connectivity index (χ2n) is 5.18. The highest BCUT2D eigenvalue weighted by molar-refractivity contribution is 5.96. The lowest BCUT2D eigenvalue weighted by molar-refractivity contribution is -0.118. The molecule has 6 heteroatoms. The molecule has 0 bridgehead atoms. The molecule has 0 spiro atoms. The van der Waals surface area contributed by atoms with Gasteiger partial charge < -0.3 is 10.6 Å². The van der Waals surface area contributed by atoms with Crippen LogP contribution < -0.4 is 10.6 Å². The number of anilines is 2. The van der Waals surface area contributed by atoms with Gasteiger partial charge in [0.1, 0.15) is 11.6 Å². The summed E-state index contributed by atoms with van der Waals surface area (Å²) in [5.41, 5.74) is 7.28. The number of fused-ring (bicyclic) bond motifs is 1. The van der Waals surface area contributed by atoms with Crippen molar-refractivity contribution < 1.29 is 9.18 Å². The summed E-state index contributed by atoms with van der Waals surface area (Å²) in [5, 5.41) is 4.10. The maximum Gasteiger partial charge on any atom is 0.227 e. The lowest BCUT2D eigenvalue weighted by Crippen LogP contribution is -2.36. The third-order valence-electron chi connectivity index (χ3n) is 3.68. The summed E-state index contributed by atoms with van der Waals surface area (Å²) in [4.78, 5) is 13.8. The molecule has 1 aliphatic rings. The van der Waals surface area contributed by atoms with Crippen molar-refractivity contribution in [3.63, 3.8) is 0 Å². The molecule has 1 aromatic heterocycles. The van der Waals surface area contributed by atoms with Crippen molar-refractivity contribution in [1.29, 1.82) is 0 Å². The summed E-state index contributed by atoms with van der Waals surface area (Å²) in [6, 6.07) is 6.38. The molecule has 0 aliphatic carbocycles. The van der Waals surface area contributed by atoms with Crippen molar-refractivity contribution in [3.8, 4) is 0 Å². The fraction of sp³-hybridized carbons (Fsp3) is 0.333. The Morgan fingerprint density at radius 1 is 1.24 bits per heavy atom. The minimum Gasteiger partial charge on any atom is -0.382 e. The van der Waals surface area contributed by atoms with Gasteiger partial charge in [-0.25, -0.2) is 4.39 Å². The van der Waals surface area contributed by atoms with Crippen LogP contribution in [0.3, 0.4) is 0 Å². The van der Waals surface area contributed by atoms with Crippen molar-refractivity contribution in [2.24, 2.45) is 0 Å². The van der Waals surface area contributed by atoms with E-state index in [9.17, 15) is 9.18 Å². The van der Waals surface area contributed by atoms with Crippen LogP contribution in [0.4, 0.5) is 15.9 Å². The molecular weight excluding hydrogens is 271 g/mol. The number of carbonyl (C=O) groups is 1. The van der Waals surface area contributed by atoms with E-state index in [1.807, 2.05) is 0 Å². The largest absolute Gasteiger partial charge is 0.382 e. The topological polar surface area (TPSA) is 64.2 Å². The molecule has 5 nitrogen and oxygen atoms in total. The Balaban J connectivity index is 1.70. The van der Waals surface area contributed by atoms with Crippen LogP contribution in [0.5, 0.6) is 0 Å². The van der Waals surface area contributed by atoms with E-state index in [0.29, 0.717) is 37.4 Å². The molecule has 2 aromatic rings. The number of hydrogen-bond acceptors (Lipinski definition) is 3. The highest BCUT2D eigenvalue weighted by Gasteiger charge is 2.24. The average molecular weight is 288 g/mol. The zero-order valence-electron chi connectivity index (χ0n) is 11.6. The first-order valence-corrected chi connectivity index (χ1v) is 7.01. The number of carbonyl (C=O) groups excluding carboxylic acids is 1. The second kappa shape index (κ2) is 5.55. The SMILES string of the molecule is Nc1ccn(CCCN2C(=O)CCc3ccc(F)cc32)n1. The first kappa shape index (κ1) is 13.6. The van der Waals surface area contributed by atoms with Gasteiger partial charge in [-0.15, -0.1) is 0 Å². The van der Waals surface area contributed by atoms with Gasteiger partial charge in [0.2, 0.25) is 5.91 Å². The van der Waals surface area contributed by atoms with Gasteiger partial charge >= 0.3 is 0 Å². The summed E-state index contributed by atoms with van der Waals surface area (Å²) < 4.78 is 15.2. The Labute approximate surface area is 122 Å². The molecule has 0 unspecified atom stereocenters. The van der Waals surface area contributed by atoms with Crippen molar-refractivity contribution in [1.82, 2.24) is 9.78 Å². The van der Waals surface area contributed by atoms with Crippen LogP contribution in [0.1, 0.15) is 18.4 Å². The molecule has 0 radical (unpaired) electrons. The average Bonchev–Trinajstić information content (AvgIpc) is 2.87. The number of nitrogens with two attached hydrogens (primary N) is 1. The van der Waals surface area contributed by atoms with E-state index >= 15 is 0 Å². The summed E-state index contributed by atoms with van der Waals surface area (Å²) >= 11 is 0. The molecule has 21 heavy (non-hydrogen) atoms. The molecule has 110 valence electrons. The summed E-state index contributed by atoms with van der Waals surface area (Å²) in [5.74, 6) is 0.220. The van der Waals surface area contributed by atoms with Crippen LogP contribution in [0.2, 0.25) is 0 Å². The molecule has 2 heterocycles. The number of rotatable bonds is 4. The molecule has 3 rings (SSSR count). The van der Waals surface area contributed by atoms with Crippen molar-refractivity contribution in [3.05, 3.63) is 41.8 Å². The molecule has 0 saturated carbocycles. The summed E-state index contributed by atoms with van der Waals surface area (Å²) in [6.45, 7) is 1.22. The fourth-order valence-electron chi connectivity index (χ4n) is 2.65. The maximum absolute atomic E-state index is 13.4. The van der Waals surface area contributed by atoms with Gasteiger partial charge in [-0.1, -0.05) is 6.07 Å². The van der Waals surface area contributed by atoms with Crippen molar-refractivity contribution in [2.45, 2.75) is 25.8 Å². The molecule has 2 N–H and O–H groups in total. The fourth-order valence-corrected chi connectivity index (χ4v) is 2.65. The number of halogens is 1. The van der Waals surface area contributed by atoms with Gasteiger partial charge in [-0.05, 0) is 36.6 Å². The number of hydrogen-bond donors (Lipinski definition) is 1. The highest BCUT2D eigenvalue weighted by Crippen LogP contribution is 2.28. The third kappa shape index (κ3) is 2.89. The molecule has 1 aliphatic heterocycles. The van der Waals surface area contributed by atoms with Crippen LogP contribution in [-0.2, 0) is 17.8 Å². The van der Waals surface area contributed by atoms with Gasteiger partial charge in [0.15, 0.2) is 0 Å². The second-order valence-corrected chi connectivity index (χ2v) is 5.18. The molecule has 0 atom stereocenters. The summed E-state index contributed by atoms with van der Waals surface area (Å²) in [7, 11) is 0. The van der Waals surface area contributed by atoms with E-state index in [-0.39, 0.29) is 11.7 Å². The van der Waals surface area contributed by atoms with Crippen LogP contribution in [0.15, 0.2) is 30.5 Å². The Morgan fingerprint density at radius 3 is 2.86 bits per heavy atom. The number of aromatic nitrogens is 2. The Kier molecular flexibility index (Phi) is 3.60.